The van der Waals surface area contributed by atoms with Crippen LogP contribution in [0.3, 0.4) is 0 Å². The van der Waals surface area contributed by atoms with E-state index in [1.165, 1.54) is 15.8 Å². The molecule has 1 unspecified atom stereocenters. The van der Waals surface area contributed by atoms with E-state index in [2.05, 4.69) is 5.32 Å². The third-order valence-electron chi connectivity index (χ3n) is 4.65. The molecule has 30 heavy (non-hydrogen) atoms. The van der Waals surface area contributed by atoms with Crippen LogP contribution in [0, 0.1) is 0 Å². The molecule has 1 aliphatic heterocycles. The number of ether oxygens (including phenoxy) is 1. The number of rotatable bonds is 7. The highest BCUT2D eigenvalue weighted by Gasteiger charge is 2.32. The molecule has 0 radical (unpaired) electrons. The SMILES string of the molecule is CC(NC(=O)COC(=O)c1sccc1S(=O)(=O)N1CCCC1)c1ccc(Cl)c(Cl)c1. The Morgan fingerprint density at radius 1 is 1.20 bits per heavy atom. The van der Waals surface area contributed by atoms with Crippen LogP contribution in [-0.2, 0) is 19.6 Å². The van der Waals surface area contributed by atoms with Crippen LogP contribution in [0.1, 0.15) is 41.0 Å². The molecule has 1 aliphatic rings. The van der Waals surface area contributed by atoms with Crippen molar-refractivity contribution < 1.29 is 22.7 Å². The predicted octanol–water partition coefficient (Wildman–Crippen LogP) is 3.87. The normalized spacial score (nSPS) is 15.7. The molecule has 2 heterocycles. The molecule has 1 aromatic heterocycles. The molecule has 0 saturated carbocycles. The number of carbonyl (C=O) groups is 2. The van der Waals surface area contributed by atoms with Crippen molar-refractivity contribution in [3.63, 3.8) is 0 Å². The molecular weight excluding hydrogens is 471 g/mol. The predicted molar refractivity (Wildman–Crippen MR) is 116 cm³/mol. The molecule has 1 saturated heterocycles. The van der Waals surface area contributed by atoms with E-state index in [4.69, 9.17) is 27.9 Å². The minimum absolute atomic E-state index is 0.0350. The number of carbonyl (C=O) groups excluding carboxylic acids is 2. The molecule has 162 valence electrons. The van der Waals surface area contributed by atoms with Crippen molar-refractivity contribution in [3.8, 4) is 0 Å². The average Bonchev–Trinajstić information content (AvgIpc) is 3.40. The van der Waals surface area contributed by atoms with Crippen LogP contribution in [0.4, 0.5) is 0 Å². The molecule has 7 nitrogen and oxygen atoms in total. The van der Waals surface area contributed by atoms with E-state index in [1.54, 1.807) is 25.1 Å². The first kappa shape index (κ1) is 23.0. The number of thiophene rings is 1. The van der Waals surface area contributed by atoms with Gasteiger partial charge in [-0.1, -0.05) is 29.3 Å². The molecule has 1 amide bonds. The van der Waals surface area contributed by atoms with E-state index in [0.29, 0.717) is 23.1 Å². The van der Waals surface area contributed by atoms with Crippen molar-refractivity contribution in [3.05, 3.63) is 50.1 Å². The summed E-state index contributed by atoms with van der Waals surface area (Å²) in [5.41, 5.74) is 0.737. The lowest BCUT2D eigenvalue weighted by Gasteiger charge is -2.16. The summed E-state index contributed by atoms with van der Waals surface area (Å²) in [4.78, 5) is 24.5. The number of nitrogens with one attached hydrogen (secondary N) is 1. The van der Waals surface area contributed by atoms with Crippen molar-refractivity contribution >= 4 is 56.4 Å². The summed E-state index contributed by atoms with van der Waals surface area (Å²) in [6.07, 6.45) is 1.58. The molecular formula is C19H20Cl2N2O5S2. The van der Waals surface area contributed by atoms with Gasteiger partial charge in [-0.05, 0) is 48.9 Å². The van der Waals surface area contributed by atoms with Gasteiger partial charge in [0.2, 0.25) is 10.0 Å². The summed E-state index contributed by atoms with van der Waals surface area (Å²) in [7, 11) is -3.75. The monoisotopic (exact) mass is 490 g/mol. The van der Waals surface area contributed by atoms with Gasteiger partial charge >= 0.3 is 5.97 Å². The highest BCUT2D eigenvalue weighted by atomic mass is 35.5. The van der Waals surface area contributed by atoms with Gasteiger partial charge in [0.25, 0.3) is 5.91 Å². The second kappa shape index (κ2) is 9.65. The second-order valence-electron chi connectivity index (χ2n) is 6.76. The Balaban J connectivity index is 1.60. The van der Waals surface area contributed by atoms with Crippen LogP contribution in [0.15, 0.2) is 34.5 Å². The van der Waals surface area contributed by atoms with E-state index in [9.17, 15) is 18.0 Å². The van der Waals surface area contributed by atoms with Crippen molar-refractivity contribution in [1.29, 1.82) is 0 Å². The zero-order valence-electron chi connectivity index (χ0n) is 16.1. The summed E-state index contributed by atoms with van der Waals surface area (Å²) in [5.74, 6) is -1.37. The van der Waals surface area contributed by atoms with Crippen LogP contribution in [-0.4, -0.2) is 44.3 Å². The van der Waals surface area contributed by atoms with Gasteiger partial charge in [-0.2, -0.15) is 4.31 Å². The largest absolute Gasteiger partial charge is 0.451 e. The highest BCUT2D eigenvalue weighted by molar-refractivity contribution is 7.89. The number of amides is 1. The first-order valence-electron chi connectivity index (χ1n) is 9.19. The lowest BCUT2D eigenvalue weighted by atomic mass is 10.1. The maximum absolute atomic E-state index is 12.7. The lowest BCUT2D eigenvalue weighted by Crippen LogP contribution is -2.31. The fourth-order valence-electron chi connectivity index (χ4n) is 3.06. The molecule has 11 heteroatoms. The molecule has 0 aliphatic carbocycles. The van der Waals surface area contributed by atoms with Gasteiger partial charge in [0.15, 0.2) is 6.61 Å². The van der Waals surface area contributed by atoms with Gasteiger partial charge in [-0.3, -0.25) is 4.79 Å². The molecule has 1 N–H and O–H groups in total. The van der Waals surface area contributed by atoms with E-state index in [0.717, 1.165) is 29.7 Å². The average molecular weight is 491 g/mol. The maximum atomic E-state index is 12.7. The van der Waals surface area contributed by atoms with Crippen LogP contribution < -0.4 is 5.32 Å². The molecule has 3 rings (SSSR count). The second-order valence-corrected chi connectivity index (χ2v) is 10.4. The first-order valence-corrected chi connectivity index (χ1v) is 12.3. The number of hydrogen-bond donors (Lipinski definition) is 1. The van der Waals surface area contributed by atoms with Gasteiger partial charge in [0.05, 0.1) is 16.1 Å². The number of sulfonamides is 1. The Bertz CT molecular complexity index is 1050. The number of esters is 1. The summed E-state index contributed by atoms with van der Waals surface area (Å²) in [5, 5.41) is 4.98. The Morgan fingerprint density at radius 2 is 1.90 bits per heavy atom. The highest BCUT2D eigenvalue weighted by Crippen LogP contribution is 2.28. The zero-order valence-corrected chi connectivity index (χ0v) is 19.2. The van der Waals surface area contributed by atoms with Gasteiger partial charge in [0.1, 0.15) is 9.77 Å². The summed E-state index contributed by atoms with van der Waals surface area (Å²) >= 11 is 12.8. The van der Waals surface area contributed by atoms with Gasteiger partial charge in [0, 0.05) is 13.1 Å². The number of halogens is 2. The third kappa shape index (κ3) is 5.15. The quantitative estimate of drug-likeness (QED) is 0.594. The first-order chi connectivity index (χ1) is 14.2. The molecule has 1 aromatic carbocycles. The number of hydrogen-bond acceptors (Lipinski definition) is 6. The van der Waals surface area contributed by atoms with Crippen molar-refractivity contribution in [1.82, 2.24) is 9.62 Å². The summed E-state index contributed by atoms with van der Waals surface area (Å²) < 4.78 is 31.9. The zero-order chi connectivity index (χ0) is 21.9. The lowest BCUT2D eigenvalue weighted by molar-refractivity contribution is -0.124. The Hall–Kier alpha value is -1.65. The van der Waals surface area contributed by atoms with Crippen molar-refractivity contribution in [2.45, 2.75) is 30.7 Å². The number of nitrogens with zero attached hydrogens (tertiary/aromatic N) is 1. The van der Waals surface area contributed by atoms with Crippen LogP contribution in [0.2, 0.25) is 10.0 Å². The third-order valence-corrected chi connectivity index (χ3v) is 8.36. The minimum Gasteiger partial charge on any atom is -0.451 e. The molecule has 1 atom stereocenters. The standard InChI is InChI=1S/C19H20Cl2N2O5S2/c1-12(13-4-5-14(20)15(21)10-13)22-17(24)11-28-19(25)18-16(6-9-29-18)30(26,27)23-7-2-3-8-23/h4-6,9-10,12H,2-3,7-8,11H2,1H3,(H,22,24). The maximum Gasteiger partial charge on any atom is 0.350 e. The van der Waals surface area contributed by atoms with Gasteiger partial charge in [-0.15, -0.1) is 11.3 Å². The minimum atomic E-state index is -3.75. The molecule has 0 spiro atoms. The van der Waals surface area contributed by atoms with E-state index in [1.807, 2.05) is 0 Å². The summed E-state index contributed by atoms with van der Waals surface area (Å²) in [6.45, 7) is 2.08. The van der Waals surface area contributed by atoms with Crippen LogP contribution >= 0.6 is 34.5 Å². The van der Waals surface area contributed by atoms with Crippen molar-refractivity contribution in [2.75, 3.05) is 19.7 Å². The fourth-order valence-corrected chi connectivity index (χ4v) is 6.17. The number of benzene rings is 1. The van der Waals surface area contributed by atoms with E-state index >= 15 is 0 Å². The topological polar surface area (TPSA) is 92.8 Å². The van der Waals surface area contributed by atoms with Crippen LogP contribution in [0.5, 0.6) is 0 Å². The van der Waals surface area contributed by atoms with E-state index in [-0.39, 0.29) is 15.8 Å². The van der Waals surface area contributed by atoms with Crippen molar-refractivity contribution in [2.24, 2.45) is 0 Å². The molecule has 0 bridgehead atoms. The van der Waals surface area contributed by atoms with Gasteiger partial charge in [-0.25, -0.2) is 13.2 Å². The Morgan fingerprint density at radius 3 is 2.57 bits per heavy atom. The van der Waals surface area contributed by atoms with Gasteiger partial charge < -0.3 is 10.1 Å². The smallest absolute Gasteiger partial charge is 0.350 e. The summed E-state index contributed by atoms with van der Waals surface area (Å²) in [6, 6.07) is 6.00. The Labute approximate surface area is 189 Å². The fraction of sp³-hybridized carbons (Fsp3) is 0.368. The Kier molecular flexibility index (Phi) is 7.41. The molecule has 1 fully saturated rings. The molecule has 2 aromatic rings. The van der Waals surface area contributed by atoms with Crippen LogP contribution in [0.25, 0.3) is 0 Å². The van der Waals surface area contributed by atoms with E-state index < -0.39 is 28.5 Å².